The van der Waals surface area contributed by atoms with Crippen LogP contribution in [0.2, 0.25) is 0 Å². The fraction of sp³-hybridized carbons (Fsp3) is 0.455. The monoisotopic (exact) mass is 205 g/mol. The van der Waals surface area contributed by atoms with Crippen molar-refractivity contribution in [3.63, 3.8) is 0 Å². The molecule has 0 saturated carbocycles. The maximum absolute atomic E-state index is 11.8. The number of anilines is 1. The summed E-state index contributed by atoms with van der Waals surface area (Å²) < 4.78 is 0. The second kappa shape index (κ2) is 4.29. The highest BCUT2D eigenvalue weighted by molar-refractivity contribution is 5.85. The van der Waals surface area contributed by atoms with Gasteiger partial charge in [0.05, 0.1) is 0 Å². The van der Waals surface area contributed by atoms with E-state index in [1.807, 2.05) is 19.2 Å². The highest BCUT2D eigenvalue weighted by Gasteiger charge is 2.25. The first-order valence-electron chi connectivity index (χ1n) is 5.19. The smallest absolute Gasteiger partial charge is 0.244 e. The molecule has 1 fully saturated rings. The van der Waals surface area contributed by atoms with Gasteiger partial charge in [-0.1, -0.05) is 0 Å². The van der Waals surface area contributed by atoms with E-state index in [0.717, 1.165) is 25.1 Å². The highest BCUT2D eigenvalue weighted by Crippen LogP contribution is 2.15. The zero-order chi connectivity index (χ0) is 10.7. The van der Waals surface area contributed by atoms with E-state index >= 15 is 0 Å². The molecule has 0 aliphatic carbocycles. The molecular formula is C11H15N3O. The number of pyridine rings is 1. The summed E-state index contributed by atoms with van der Waals surface area (Å²) in [5.41, 5.74) is 0.957. The lowest BCUT2D eigenvalue weighted by Gasteiger charge is -2.30. The van der Waals surface area contributed by atoms with Crippen molar-refractivity contribution in [2.24, 2.45) is 0 Å². The molecular weight excluding hydrogens is 190 g/mol. The first-order valence-corrected chi connectivity index (χ1v) is 5.19. The van der Waals surface area contributed by atoms with Crippen molar-refractivity contribution in [2.45, 2.75) is 18.9 Å². The van der Waals surface area contributed by atoms with E-state index in [0.29, 0.717) is 0 Å². The van der Waals surface area contributed by atoms with E-state index in [1.54, 1.807) is 17.3 Å². The normalized spacial score (nSPS) is 21.5. The quantitative estimate of drug-likeness (QED) is 0.786. The highest BCUT2D eigenvalue weighted by atomic mass is 16.2. The van der Waals surface area contributed by atoms with Crippen molar-refractivity contribution < 1.29 is 4.79 Å². The van der Waals surface area contributed by atoms with Crippen LogP contribution in [0.1, 0.15) is 12.8 Å². The van der Waals surface area contributed by atoms with Crippen LogP contribution in [0.4, 0.5) is 5.69 Å². The maximum atomic E-state index is 11.8. The predicted molar refractivity (Wildman–Crippen MR) is 58.5 cm³/mol. The number of likely N-dealkylation sites (tertiary alicyclic amines) is 1. The van der Waals surface area contributed by atoms with Gasteiger partial charge in [-0.05, 0) is 25.0 Å². The summed E-state index contributed by atoms with van der Waals surface area (Å²) in [6, 6.07) is 3.68. The average molecular weight is 205 g/mol. The zero-order valence-corrected chi connectivity index (χ0v) is 8.81. The Morgan fingerprint density at radius 3 is 2.93 bits per heavy atom. The van der Waals surface area contributed by atoms with E-state index in [9.17, 15) is 4.79 Å². The van der Waals surface area contributed by atoms with Crippen LogP contribution in [0.25, 0.3) is 0 Å². The second-order valence-corrected chi connectivity index (χ2v) is 3.83. The van der Waals surface area contributed by atoms with E-state index < -0.39 is 0 Å². The number of aromatic nitrogens is 1. The Morgan fingerprint density at radius 2 is 2.20 bits per heavy atom. The molecule has 1 atom stereocenters. The Balaban J connectivity index is 2.03. The largest absolute Gasteiger partial charge is 0.374 e. The van der Waals surface area contributed by atoms with Gasteiger partial charge in [0.25, 0.3) is 0 Å². The van der Waals surface area contributed by atoms with Crippen LogP contribution in [0.5, 0.6) is 0 Å². The Bertz CT molecular complexity index is 339. The lowest BCUT2D eigenvalue weighted by Crippen LogP contribution is -2.45. The Kier molecular flexibility index (Phi) is 2.85. The third-order valence-electron chi connectivity index (χ3n) is 2.68. The molecule has 0 aromatic carbocycles. The minimum absolute atomic E-state index is 0.0776. The molecule has 1 aliphatic rings. The standard InChI is InChI=1S/C11H15N3O/c1-14-8-2-3-10(11(14)15)13-9-4-6-12-7-5-9/h4-7,10H,2-3,8H2,1H3,(H,12,13)/t10-/m1/s1. The summed E-state index contributed by atoms with van der Waals surface area (Å²) in [6.07, 6.45) is 5.41. The van der Waals surface area contributed by atoms with Gasteiger partial charge in [-0.3, -0.25) is 9.78 Å². The molecule has 4 nitrogen and oxygen atoms in total. The zero-order valence-electron chi connectivity index (χ0n) is 8.81. The van der Waals surface area contributed by atoms with Crippen molar-refractivity contribution in [1.29, 1.82) is 0 Å². The van der Waals surface area contributed by atoms with Crippen molar-refractivity contribution >= 4 is 11.6 Å². The van der Waals surface area contributed by atoms with Crippen molar-refractivity contribution in [1.82, 2.24) is 9.88 Å². The van der Waals surface area contributed by atoms with E-state index in [1.165, 1.54) is 0 Å². The number of piperidine rings is 1. The van der Waals surface area contributed by atoms with Crippen LogP contribution < -0.4 is 5.32 Å². The first kappa shape index (κ1) is 9.96. The number of hydrogen-bond acceptors (Lipinski definition) is 3. The van der Waals surface area contributed by atoms with Crippen LogP contribution in [-0.4, -0.2) is 35.4 Å². The molecule has 4 heteroatoms. The van der Waals surface area contributed by atoms with Crippen LogP contribution in [0.15, 0.2) is 24.5 Å². The molecule has 2 rings (SSSR count). The minimum Gasteiger partial charge on any atom is -0.374 e. The van der Waals surface area contributed by atoms with Crippen LogP contribution in [0, 0.1) is 0 Å². The van der Waals surface area contributed by atoms with Crippen LogP contribution >= 0.6 is 0 Å². The number of carbonyl (C=O) groups is 1. The molecule has 15 heavy (non-hydrogen) atoms. The van der Waals surface area contributed by atoms with Crippen LogP contribution in [0.3, 0.4) is 0 Å². The lowest BCUT2D eigenvalue weighted by molar-refractivity contribution is -0.132. The van der Waals surface area contributed by atoms with Crippen LogP contribution in [-0.2, 0) is 4.79 Å². The van der Waals surface area contributed by atoms with Gasteiger partial charge >= 0.3 is 0 Å². The van der Waals surface area contributed by atoms with Gasteiger partial charge in [-0.25, -0.2) is 0 Å². The topological polar surface area (TPSA) is 45.2 Å². The van der Waals surface area contributed by atoms with Gasteiger partial charge in [-0.15, -0.1) is 0 Å². The number of hydrogen-bond donors (Lipinski definition) is 1. The summed E-state index contributed by atoms with van der Waals surface area (Å²) in [6.45, 7) is 0.868. The minimum atomic E-state index is -0.0776. The van der Waals surface area contributed by atoms with Gasteiger partial charge < -0.3 is 10.2 Å². The number of amides is 1. The second-order valence-electron chi connectivity index (χ2n) is 3.83. The Hall–Kier alpha value is -1.58. The molecule has 0 bridgehead atoms. The molecule has 1 saturated heterocycles. The fourth-order valence-corrected chi connectivity index (χ4v) is 1.82. The average Bonchev–Trinajstić information content (AvgIpc) is 2.26. The number of rotatable bonds is 2. The number of likely N-dealkylation sites (N-methyl/N-ethyl adjacent to an activating group) is 1. The summed E-state index contributed by atoms with van der Waals surface area (Å²) in [5, 5.41) is 3.23. The molecule has 80 valence electrons. The molecule has 2 heterocycles. The van der Waals surface area contributed by atoms with Crippen molar-refractivity contribution in [2.75, 3.05) is 18.9 Å². The van der Waals surface area contributed by atoms with E-state index in [-0.39, 0.29) is 11.9 Å². The summed E-state index contributed by atoms with van der Waals surface area (Å²) in [4.78, 5) is 17.5. The molecule has 1 N–H and O–H groups in total. The summed E-state index contributed by atoms with van der Waals surface area (Å²) in [7, 11) is 1.85. The van der Waals surface area contributed by atoms with Gasteiger partial charge in [0.1, 0.15) is 6.04 Å². The number of carbonyl (C=O) groups excluding carboxylic acids is 1. The summed E-state index contributed by atoms with van der Waals surface area (Å²) in [5.74, 6) is 0.179. The van der Waals surface area contributed by atoms with Gasteiger partial charge in [0, 0.05) is 31.7 Å². The molecule has 1 amide bonds. The number of nitrogens with zero attached hydrogens (tertiary/aromatic N) is 2. The van der Waals surface area contributed by atoms with Gasteiger partial charge in [0.2, 0.25) is 5.91 Å². The van der Waals surface area contributed by atoms with Gasteiger partial charge in [0.15, 0.2) is 0 Å². The third-order valence-corrected chi connectivity index (χ3v) is 2.68. The maximum Gasteiger partial charge on any atom is 0.244 e. The van der Waals surface area contributed by atoms with Crippen molar-refractivity contribution in [3.8, 4) is 0 Å². The van der Waals surface area contributed by atoms with E-state index in [2.05, 4.69) is 10.3 Å². The van der Waals surface area contributed by atoms with E-state index in [4.69, 9.17) is 0 Å². The molecule has 1 aliphatic heterocycles. The first-order chi connectivity index (χ1) is 7.27. The predicted octanol–water partition coefficient (Wildman–Crippen LogP) is 1.11. The molecule has 1 aromatic rings. The third kappa shape index (κ3) is 2.26. The van der Waals surface area contributed by atoms with Crippen molar-refractivity contribution in [3.05, 3.63) is 24.5 Å². The molecule has 0 radical (unpaired) electrons. The summed E-state index contributed by atoms with van der Waals surface area (Å²) >= 11 is 0. The Morgan fingerprint density at radius 1 is 1.47 bits per heavy atom. The lowest BCUT2D eigenvalue weighted by atomic mass is 10.1. The molecule has 0 spiro atoms. The fourth-order valence-electron chi connectivity index (χ4n) is 1.82. The molecule has 0 unspecified atom stereocenters. The Labute approximate surface area is 89.3 Å². The SMILES string of the molecule is CN1CCC[C@@H](Nc2ccncc2)C1=O. The number of nitrogens with one attached hydrogen (secondary N) is 1. The molecule has 1 aromatic heterocycles. The van der Waals surface area contributed by atoms with Gasteiger partial charge in [-0.2, -0.15) is 0 Å².